The summed E-state index contributed by atoms with van der Waals surface area (Å²) in [4.78, 5) is 0. The molecule has 0 saturated carbocycles. The number of hydrogen-bond donors (Lipinski definition) is 1. The maximum absolute atomic E-state index is 10.0. The first-order chi connectivity index (χ1) is 6.12. The van der Waals surface area contributed by atoms with Gasteiger partial charge in [0.25, 0.3) is 0 Å². The summed E-state index contributed by atoms with van der Waals surface area (Å²) >= 11 is 0. The van der Waals surface area contributed by atoms with E-state index in [1.165, 1.54) is 0 Å². The number of rotatable bonds is 2. The zero-order valence-electron chi connectivity index (χ0n) is 10.0. The van der Waals surface area contributed by atoms with E-state index in [9.17, 15) is 5.11 Å². The monoisotopic (exact) mass is 200 g/mol. The third-order valence-corrected chi connectivity index (χ3v) is 3.48. The molecule has 0 aromatic heterocycles. The molecule has 1 saturated heterocycles. The van der Waals surface area contributed by atoms with E-state index < -0.39 is 12.6 Å². The minimum Gasteiger partial charge on any atom is -0.401 e. The Kier molecular flexibility index (Phi) is 2.77. The lowest BCUT2D eigenvalue weighted by Crippen LogP contribution is -2.45. The second-order valence-electron chi connectivity index (χ2n) is 5.30. The zero-order valence-corrected chi connectivity index (χ0v) is 10.0. The van der Waals surface area contributed by atoms with Crippen LogP contribution in [0.5, 0.6) is 0 Å². The van der Waals surface area contributed by atoms with E-state index in [4.69, 9.17) is 9.31 Å². The Balaban J connectivity index is 2.83. The smallest absolute Gasteiger partial charge is 0.401 e. The first-order valence-corrected chi connectivity index (χ1v) is 5.20. The predicted molar refractivity (Wildman–Crippen MR) is 57.0 cm³/mol. The molecule has 0 aromatic carbocycles. The van der Waals surface area contributed by atoms with Gasteiger partial charge in [-0.05, 0) is 41.0 Å². The van der Waals surface area contributed by atoms with Crippen LogP contribution in [0.4, 0.5) is 0 Å². The molecule has 14 heavy (non-hydrogen) atoms. The number of hydrogen-bond acceptors (Lipinski definition) is 3. The molecule has 1 atom stereocenters. The van der Waals surface area contributed by atoms with Gasteiger partial charge in [-0.15, -0.1) is 0 Å². The van der Waals surface area contributed by atoms with Gasteiger partial charge in [-0.25, -0.2) is 0 Å². The maximum Gasteiger partial charge on any atom is 0.491 e. The van der Waals surface area contributed by atoms with Crippen LogP contribution in [0.15, 0.2) is 0 Å². The Morgan fingerprint density at radius 2 is 1.50 bits per heavy atom. The SMILES string of the molecule is CC[C@](C)(O)B1OC(C)(C)C(C)(C)O1. The second-order valence-corrected chi connectivity index (χ2v) is 5.30. The van der Waals surface area contributed by atoms with Gasteiger partial charge in [0.2, 0.25) is 0 Å². The Morgan fingerprint density at radius 1 is 1.14 bits per heavy atom. The van der Waals surface area contributed by atoms with Gasteiger partial charge in [-0.3, -0.25) is 0 Å². The largest absolute Gasteiger partial charge is 0.491 e. The van der Waals surface area contributed by atoms with Gasteiger partial charge < -0.3 is 14.4 Å². The van der Waals surface area contributed by atoms with Crippen LogP contribution in [0.2, 0.25) is 0 Å². The van der Waals surface area contributed by atoms with Crippen LogP contribution in [-0.4, -0.2) is 28.9 Å². The fourth-order valence-corrected chi connectivity index (χ4v) is 1.26. The highest BCUT2D eigenvalue weighted by Crippen LogP contribution is 2.39. The van der Waals surface area contributed by atoms with Gasteiger partial charge in [0.15, 0.2) is 0 Å². The van der Waals surface area contributed by atoms with E-state index in [0.29, 0.717) is 6.42 Å². The van der Waals surface area contributed by atoms with Crippen LogP contribution >= 0.6 is 0 Å². The van der Waals surface area contributed by atoms with E-state index in [0.717, 1.165) is 0 Å². The van der Waals surface area contributed by atoms with Crippen LogP contribution in [-0.2, 0) is 9.31 Å². The molecule has 82 valence electrons. The van der Waals surface area contributed by atoms with Crippen LogP contribution in [0.1, 0.15) is 48.0 Å². The molecule has 0 aliphatic carbocycles. The molecule has 1 fully saturated rings. The summed E-state index contributed by atoms with van der Waals surface area (Å²) in [5, 5.41) is 10.0. The van der Waals surface area contributed by atoms with Crippen molar-refractivity contribution < 1.29 is 14.4 Å². The van der Waals surface area contributed by atoms with Crippen molar-refractivity contribution in [3.05, 3.63) is 0 Å². The van der Waals surface area contributed by atoms with Crippen molar-refractivity contribution in [2.45, 2.75) is 64.7 Å². The van der Waals surface area contributed by atoms with Crippen molar-refractivity contribution in [3.8, 4) is 0 Å². The van der Waals surface area contributed by atoms with Crippen LogP contribution in [0, 0.1) is 0 Å². The molecule has 3 nitrogen and oxygen atoms in total. The Hall–Kier alpha value is -0.0551. The van der Waals surface area contributed by atoms with Gasteiger partial charge in [-0.2, -0.15) is 0 Å². The van der Waals surface area contributed by atoms with Crippen molar-refractivity contribution in [3.63, 3.8) is 0 Å². The molecule has 0 spiro atoms. The average Bonchev–Trinajstić information content (AvgIpc) is 2.22. The Labute approximate surface area is 86.9 Å². The first kappa shape index (κ1) is 12.0. The molecule has 0 radical (unpaired) electrons. The predicted octanol–water partition coefficient (Wildman–Crippen LogP) is 1.78. The quantitative estimate of drug-likeness (QED) is 0.690. The van der Waals surface area contributed by atoms with E-state index in [1.807, 2.05) is 34.6 Å². The molecule has 0 amide bonds. The molecule has 1 aliphatic heterocycles. The molecule has 4 heteroatoms. The van der Waals surface area contributed by atoms with Crippen LogP contribution in [0.3, 0.4) is 0 Å². The molecule has 1 heterocycles. The molecule has 1 aliphatic rings. The summed E-state index contributed by atoms with van der Waals surface area (Å²) in [5.41, 5.74) is -1.64. The van der Waals surface area contributed by atoms with E-state index in [-0.39, 0.29) is 11.2 Å². The van der Waals surface area contributed by atoms with Gasteiger partial charge in [0.1, 0.15) is 0 Å². The third kappa shape index (κ3) is 1.83. The summed E-state index contributed by atoms with van der Waals surface area (Å²) in [7, 11) is -0.530. The standard InChI is InChI=1S/C10H21BO3/c1-7-10(6,12)11-13-8(2,3)9(4,5)14-11/h12H,7H2,1-6H3/t10-/m0/s1. The lowest BCUT2D eigenvalue weighted by molar-refractivity contribution is 0.00578. The molecule has 1 rings (SSSR count). The highest BCUT2D eigenvalue weighted by atomic mass is 16.7. The minimum atomic E-state index is -0.912. The van der Waals surface area contributed by atoms with Gasteiger partial charge >= 0.3 is 7.12 Å². The van der Waals surface area contributed by atoms with Crippen molar-refractivity contribution in [1.29, 1.82) is 0 Å². The van der Waals surface area contributed by atoms with Crippen LogP contribution < -0.4 is 0 Å². The molecule has 1 N–H and O–H groups in total. The minimum absolute atomic E-state index is 0.364. The van der Waals surface area contributed by atoms with Crippen molar-refractivity contribution in [1.82, 2.24) is 0 Å². The lowest BCUT2D eigenvalue weighted by Gasteiger charge is -2.32. The third-order valence-electron chi connectivity index (χ3n) is 3.48. The lowest BCUT2D eigenvalue weighted by atomic mass is 9.67. The highest BCUT2D eigenvalue weighted by Gasteiger charge is 2.57. The van der Waals surface area contributed by atoms with Crippen molar-refractivity contribution in [2.24, 2.45) is 0 Å². The fraction of sp³-hybridized carbons (Fsp3) is 1.00. The molecule has 0 bridgehead atoms. The Morgan fingerprint density at radius 3 is 1.79 bits per heavy atom. The van der Waals surface area contributed by atoms with Gasteiger partial charge in [0.05, 0.1) is 16.7 Å². The normalized spacial score (nSPS) is 28.9. The van der Waals surface area contributed by atoms with Crippen molar-refractivity contribution >= 4 is 7.12 Å². The summed E-state index contributed by atoms with van der Waals surface area (Å²) in [6, 6.07) is 0. The van der Waals surface area contributed by atoms with E-state index in [2.05, 4.69) is 0 Å². The average molecular weight is 200 g/mol. The molecule has 0 unspecified atom stereocenters. The summed E-state index contributed by atoms with van der Waals surface area (Å²) in [6.07, 6.45) is 0.615. The summed E-state index contributed by atoms with van der Waals surface area (Å²) in [6.45, 7) is 11.6. The van der Waals surface area contributed by atoms with E-state index >= 15 is 0 Å². The van der Waals surface area contributed by atoms with E-state index in [1.54, 1.807) is 6.92 Å². The van der Waals surface area contributed by atoms with Gasteiger partial charge in [0, 0.05) is 0 Å². The fourth-order valence-electron chi connectivity index (χ4n) is 1.26. The number of aliphatic hydroxyl groups is 1. The topological polar surface area (TPSA) is 38.7 Å². The molecular weight excluding hydrogens is 179 g/mol. The second kappa shape index (κ2) is 3.22. The van der Waals surface area contributed by atoms with Crippen LogP contribution in [0.25, 0.3) is 0 Å². The van der Waals surface area contributed by atoms with Crippen molar-refractivity contribution in [2.75, 3.05) is 0 Å². The van der Waals surface area contributed by atoms with Gasteiger partial charge in [-0.1, -0.05) is 6.92 Å². The molecular formula is C10H21BO3. The summed E-state index contributed by atoms with van der Waals surface area (Å²) < 4.78 is 11.5. The zero-order chi connectivity index (χ0) is 11.2. The highest BCUT2D eigenvalue weighted by molar-refractivity contribution is 6.49. The molecule has 0 aromatic rings. The first-order valence-electron chi connectivity index (χ1n) is 5.20. The summed E-state index contributed by atoms with van der Waals surface area (Å²) in [5.74, 6) is 0. The Bertz CT molecular complexity index is 207. The maximum atomic E-state index is 10.0.